The first-order valence-electron chi connectivity index (χ1n) is 6.66. The van der Waals surface area contributed by atoms with Gasteiger partial charge < -0.3 is 10.7 Å². The van der Waals surface area contributed by atoms with E-state index in [1.165, 1.54) is 23.8 Å². The number of nitrogens with one attached hydrogen (secondary N) is 1. The number of aryl methyl sites for hydroxylation is 1. The van der Waals surface area contributed by atoms with Crippen LogP contribution in [0.15, 0.2) is 60.7 Å². The summed E-state index contributed by atoms with van der Waals surface area (Å²) in [5.74, 6) is 0.723. The summed E-state index contributed by atoms with van der Waals surface area (Å²) in [7, 11) is 0. The van der Waals surface area contributed by atoms with Gasteiger partial charge in [-0.05, 0) is 24.1 Å². The maximum Gasteiger partial charge on any atom is 0.101 e. The number of nitrogens with two attached hydrogens (primary N) is 1. The second-order valence-electron chi connectivity index (χ2n) is 4.55. The number of hydrogen-bond donors (Lipinski definition) is 2. The average molecular weight is 252 g/mol. The predicted octanol–water partition coefficient (Wildman–Crippen LogP) is 4.39. The van der Waals surface area contributed by atoms with Gasteiger partial charge in [0.25, 0.3) is 0 Å². The van der Waals surface area contributed by atoms with Crippen molar-refractivity contribution in [2.24, 2.45) is 0 Å². The van der Waals surface area contributed by atoms with Crippen molar-refractivity contribution in [1.29, 1.82) is 0 Å². The second-order valence-corrected chi connectivity index (χ2v) is 4.55. The normalized spacial score (nSPS) is 9.95. The van der Waals surface area contributed by atoms with Gasteiger partial charge in [-0.3, -0.25) is 0 Å². The van der Waals surface area contributed by atoms with Crippen molar-refractivity contribution in [2.45, 2.75) is 19.8 Å². The maximum atomic E-state index is 5.54. The topological polar surface area (TPSA) is 41.8 Å². The number of benzene rings is 2. The molecular weight excluding hydrogens is 232 g/mol. The summed E-state index contributed by atoms with van der Waals surface area (Å²) in [5, 5.41) is 1.17. The molecule has 98 valence electrons. The SMILES string of the molecule is CCCc1ccccc1.Nc1cc2ccccc2[nH]1. The van der Waals surface area contributed by atoms with Crippen LogP contribution in [0, 0.1) is 0 Å². The summed E-state index contributed by atoms with van der Waals surface area (Å²) in [6.07, 6.45) is 2.45. The van der Waals surface area contributed by atoms with Gasteiger partial charge in [0.05, 0.1) is 0 Å². The zero-order valence-electron chi connectivity index (χ0n) is 11.3. The highest BCUT2D eigenvalue weighted by atomic mass is 14.8. The van der Waals surface area contributed by atoms with Crippen LogP contribution in [0.5, 0.6) is 0 Å². The summed E-state index contributed by atoms with van der Waals surface area (Å²) in [5.41, 5.74) is 8.08. The van der Waals surface area contributed by atoms with Crippen molar-refractivity contribution >= 4 is 16.7 Å². The number of fused-ring (bicyclic) bond motifs is 1. The van der Waals surface area contributed by atoms with E-state index in [1.807, 2.05) is 30.3 Å². The smallest absolute Gasteiger partial charge is 0.101 e. The summed E-state index contributed by atoms with van der Waals surface area (Å²) >= 11 is 0. The molecule has 3 aromatic rings. The standard InChI is InChI=1S/C9H12.C8H8N2/c1-2-6-9-7-4-3-5-8-9;9-8-5-6-3-1-2-4-7(6)10-8/h3-5,7-8H,2,6H2,1H3;1-5,10H,9H2. The fourth-order valence-electron chi connectivity index (χ4n) is 2.03. The zero-order valence-corrected chi connectivity index (χ0v) is 11.3. The molecule has 0 aliphatic carbocycles. The molecule has 3 N–H and O–H groups in total. The third-order valence-corrected chi connectivity index (χ3v) is 2.93. The first-order chi connectivity index (χ1) is 9.29. The minimum atomic E-state index is 0.723. The number of para-hydroxylation sites is 1. The maximum absolute atomic E-state index is 5.54. The summed E-state index contributed by atoms with van der Waals surface area (Å²) in [4.78, 5) is 3.04. The van der Waals surface area contributed by atoms with Crippen molar-refractivity contribution in [3.05, 3.63) is 66.2 Å². The summed E-state index contributed by atoms with van der Waals surface area (Å²) < 4.78 is 0. The van der Waals surface area contributed by atoms with Crippen molar-refractivity contribution in [3.63, 3.8) is 0 Å². The first-order valence-corrected chi connectivity index (χ1v) is 6.66. The zero-order chi connectivity index (χ0) is 13.5. The molecular formula is C17H20N2. The number of rotatable bonds is 2. The Balaban J connectivity index is 0.000000141. The molecule has 1 aromatic heterocycles. The van der Waals surface area contributed by atoms with Crippen LogP contribution in [0.25, 0.3) is 10.9 Å². The third-order valence-electron chi connectivity index (χ3n) is 2.93. The van der Waals surface area contributed by atoms with E-state index in [1.54, 1.807) is 0 Å². The van der Waals surface area contributed by atoms with E-state index in [0.717, 1.165) is 11.3 Å². The number of aromatic amines is 1. The molecule has 0 spiro atoms. The van der Waals surface area contributed by atoms with Gasteiger partial charge in [-0.15, -0.1) is 0 Å². The monoisotopic (exact) mass is 252 g/mol. The molecule has 0 saturated carbocycles. The summed E-state index contributed by atoms with van der Waals surface area (Å²) in [6, 6.07) is 20.5. The Morgan fingerprint density at radius 3 is 2.32 bits per heavy atom. The predicted molar refractivity (Wildman–Crippen MR) is 83.1 cm³/mol. The van der Waals surface area contributed by atoms with E-state index in [4.69, 9.17) is 5.73 Å². The number of hydrogen-bond acceptors (Lipinski definition) is 1. The number of aromatic nitrogens is 1. The van der Waals surface area contributed by atoms with Crippen LogP contribution >= 0.6 is 0 Å². The van der Waals surface area contributed by atoms with Crippen LogP contribution in [0.1, 0.15) is 18.9 Å². The molecule has 0 unspecified atom stereocenters. The van der Waals surface area contributed by atoms with Gasteiger partial charge in [0.2, 0.25) is 0 Å². The fraction of sp³-hybridized carbons (Fsp3) is 0.176. The van der Waals surface area contributed by atoms with Crippen LogP contribution in [0.2, 0.25) is 0 Å². The molecule has 2 heteroatoms. The first kappa shape index (κ1) is 13.2. The van der Waals surface area contributed by atoms with E-state index in [-0.39, 0.29) is 0 Å². The highest BCUT2D eigenvalue weighted by Crippen LogP contribution is 2.14. The van der Waals surface area contributed by atoms with E-state index in [0.29, 0.717) is 0 Å². The molecule has 0 bridgehead atoms. The molecule has 2 aromatic carbocycles. The van der Waals surface area contributed by atoms with Crippen molar-refractivity contribution < 1.29 is 0 Å². The van der Waals surface area contributed by atoms with Crippen LogP contribution < -0.4 is 5.73 Å². The quantitative estimate of drug-likeness (QED) is 0.698. The van der Waals surface area contributed by atoms with Crippen LogP contribution in [-0.4, -0.2) is 4.98 Å². The number of H-pyrrole nitrogens is 1. The molecule has 1 heterocycles. The van der Waals surface area contributed by atoms with E-state index < -0.39 is 0 Å². The lowest BCUT2D eigenvalue weighted by Gasteiger charge is -1.93. The van der Waals surface area contributed by atoms with Gasteiger partial charge >= 0.3 is 0 Å². The Hall–Kier alpha value is -2.22. The third kappa shape index (κ3) is 3.88. The Labute approximate surface area is 114 Å². The molecule has 0 aliphatic heterocycles. The Morgan fingerprint density at radius 2 is 1.63 bits per heavy atom. The van der Waals surface area contributed by atoms with E-state index in [2.05, 4.69) is 42.2 Å². The summed E-state index contributed by atoms with van der Waals surface area (Å²) in [6.45, 7) is 2.20. The lowest BCUT2D eigenvalue weighted by molar-refractivity contribution is 0.922. The molecule has 0 fully saturated rings. The van der Waals surface area contributed by atoms with Gasteiger partial charge in [0, 0.05) is 10.9 Å². The van der Waals surface area contributed by atoms with Gasteiger partial charge in [-0.25, -0.2) is 0 Å². The number of nitrogen functional groups attached to an aromatic ring is 1. The van der Waals surface area contributed by atoms with Gasteiger partial charge in [-0.1, -0.05) is 61.9 Å². The average Bonchev–Trinajstić information content (AvgIpc) is 2.81. The molecule has 0 radical (unpaired) electrons. The minimum absolute atomic E-state index is 0.723. The lowest BCUT2D eigenvalue weighted by atomic mass is 10.1. The Kier molecular flexibility index (Phi) is 4.62. The highest BCUT2D eigenvalue weighted by molar-refractivity contribution is 5.82. The molecule has 19 heavy (non-hydrogen) atoms. The van der Waals surface area contributed by atoms with E-state index >= 15 is 0 Å². The van der Waals surface area contributed by atoms with Crippen LogP contribution in [-0.2, 0) is 6.42 Å². The molecule has 0 amide bonds. The number of anilines is 1. The lowest BCUT2D eigenvalue weighted by Crippen LogP contribution is -1.80. The van der Waals surface area contributed by atoms with Gasteiger partial charge in [0.15, 0.2) is 0 Å². The molecule has 0 saturated heterocycles. The Bertz CT molecular complexity index is 578. The van der Waals surface area contributed by atoms with Gasteiger partial charge in [0.1, 0.15) is 5.82 Å². The molecule has 2 nitrogen and oxygen atoms in total. The molecule has 3 rings (SSSR count). The van der Waals surface area contributed by atoms with Crippen LogP contribution in [0.4, 0.5) is 5.82 Å². The largest absolute Gasteiger partial charge is 0.385 e. The van der Waals surface area contributed by atoms with Gasteiger partial charge in [-0.2, -0.15) is 0 Å². The second kappa shape index (κ2) is 6.64. The van der Waals surface area contributed by atoms with Crippen LogP contribution in [0.3, 0.4) is 0 Å². The molecule has 0 atom stereocenters. The van der Waals surface area contributed by atoms with Crippen molar-refractivity contribution in [1.82, 2.24) is 4.98 Å². The Morgan fingerprint density at radius 1 is 0.947 bits per heavy atom. The van der Waals surface area contributed by atoms with Crippen molar-refractivity contribution in [2.75, 3.05) is 5.73 Å². The highest BCUT2D eigenvalue weighted by Gasteiger charge is 1.92. The fourth-order valence-corrected chi connectivity index (χ4v) is 2.03. The minimum Gasteiger partial charge on any atom is -0.385 e. The van der Waals surface area contributed by atoms with E-state index in [9.17, 15) is 0 Å². The van der Waals surface area contributed by atoms with Crippen molar-refractivity contribution in [3.8, 4) is 0 Å². The molecule has 0 aliphatic rings.